The Bertz CT molecular complexity index is 750. The number of hydrogen-bond acceptors (Lipinski definition) is 7. The molecule has 0 amide bonds. The minimum atomic E-state index is -3.79. The predicted molar refractivity (Wildman–Crippen MR) is 88.3 cm³/mol. The van der Waals surface area contributed by atoms with Crippen LogP contribution in [0.2, 0.25) is 0 Å². The molecule has 0 spiro atoms. The van der Waals surface area contributed by atoms with Crippen LogP contribution >= 0.6 is 0 Å². The fraction of sp³-hybridized carbons (Fsp3) is 0.214. The highest BCUT2D eigenvalue weighted by atomic mass is 32.2. The molecule has 1 unspecified atom stereocenters. The molecule has 7 nitrogen and oxygen atoms in total. The van der Waals surface area contributed by atoms with E-state index < -0.39 is 19.9 Å². The number of rotatable bonds is 8. The first kappa shape index (κ1) is 17.2. The van der Waals surface area contributed by atoms with Gasteiger partial charge in [-0.1, -0.05) is 0 Å². The zero-order valence-electron chi connectivity index (χ0n) is 12.2. The van der Waals surface area contributed by atoms with E-state index >= 15 is 0 Å². The first-order chi connectivity index (χ1) is 10.9. The van der Waals surface area contributed by atoms with Gasteiger partial charge in [-0.3, -0.25) is 9.97 Å². The lowest BCUT2D eigenvalue weighted by molar-refractivity contribution is 0.484. The van der Waals surface area contributed by atoms with Gasteiger partial charge in [0.25, 0.3) is 0 Å². The van der Waals surface area contributed by atoms with Crippen molar-refractivity contribution in [2.75, 3.05) is 11.5 Å². The Morgan fingerprint density at radius 3 is 2.00 bits per heavy atom. The van der Waals surface area contributed by atoms with Crippen molar-refractivity contribution >= 4 is 25.8 Å². The second-order valence-corrected chi connectivity index (χ2v) is 8.36. The second-order valence-electron chi connectivity index (χ2n) is 4.61. The number of aromatic nitrogens is 2. The molecule has 0 aliphatic carbocycles. The van der Waals surface area contributed by atoms with Gasteiger partial charge in [0.2, 0.25) is 0 Å². The Balaban J connectivity index is 1.86. The molecule has 0 saturated carbocycles. The summed E-state index contributed by atoms with van der Waals surface area (Å²) in [6.45, 7) is 0. The van der Waals surface area contributed by atoms with Crippen LogP contribution in [-0.2, 0) is 19.9 Å². The van der Waals surface area contributed by atoms with Crippen LogP contribution in [0.4, 0.5) is 0 Å². The summed E-state index contributed by atoms with van der Waals surface area (Å²) in [5.74, 6) is 3.64. The van der Waals surface area contributed by atoms with E-state index in [0.717, 1.165) is 0 Å². The Labute approximate surface area is 135 Å². The third-order valence-corrected chi connectivity index (χ3v) is 5.23. The molecule has 0 aromatic carbocycles. The van der Waals surface area contributed by atoms with Crippen LogP contribution in [0.5, 0.6) is 11.5 Å². The van der Waals surface area contributed by atoms with E-state index in [4.69, 9.17) is 8.37 Å². The first-order valence-electron chi connectivity index (χ1n) is 6.63. The van der Waals surface area contributed by atoms with E-state index in [1.54, 1.807) is 24.4 Å². The second kappa shape index (κ2) is 7.42. The third kappa shape index (κ3) is 6.25. The Morgan fingerprint density at radius 1 is 0.913 bits per heavy atom. The Hall–Kier alpha value is -2.13. The molecule has 0 aliphatic heterocycles. The highest BCUT2D eigenvalue weighted by Gasteiger charge is 2.15. The summed E-state index contributed by atoms with van der Waals surface area (Å²) in [5, 5.41) is 0. The van der Waals surface area contributed by atoms with Crippen molar-refractivity contribution in [1.82, 2.24) is 9.97 Å². The van der Waals surface area contributed by atoms with Crippen molar-refractivity contribution in [2.45, 2.75) is 6.42 Å². The van der Waals surface area contributed by atoms with Gasteiger partial charge in [-0.2, -0.15) is 8.42 Å². The zero-order valence-corrected chi connectivity index (χ0v) is 13.8. The van der Waals surface area contributed by atoms with Crippen molar-refractivity contribution in [1.29, 1.82) is 0 Å². The minimum Gasteiger partial charge on any atom is -0.407 e. The molecule has 2 heterocycles. The van der Waals surface area contributed by atoms with Crippen LogP contribution in [0.15, 0.2) is 49.1 Å². The van der Waals surface area contributed by atoms with Gasteiger partial charge >= 0.3 is 10.1 Å². The van der Waals surface area contributed by atoms with Crippen LogP contribution in [-0.4, -0.2) is 40.0 Å². The van der Waals surface area contributed by atoms with Crippen LogP contribution in [0.25, 0.3) is 0 Å². The third-order valence-electron chi connectivity index (χ3n) is 2.59. The fourth-order valence-corrected chi connectivity index (χ4v) is 3.93. The van der Waals surface area contributed by atoms with Gasteiger partial charge in [-0.15, -0.1) is 0 Å². The van der Waals surface area contributed by atoms with Crippen LogP contribution in [0.1, 0.15) is 6.42 Å². The van der Waals surface area contributed by atoms with E-state index in [9.17, 15) is 12.6 Å². The van der Waals surface area contributed by atoms with Gasteiger partial charge in [-0.25, -0.2) is 4.21 Å². The van der Waals surface area contributed by atoms with Crippen LogP contribution in [0, 0.1) is 0 Å². The van der Waals surface area contributed by atoms with Gasteiger partial charge < -0.3 is 8.37 Å². The van der Waals surface area contributed by atoms with E-state index in [2.05, 4.69) is 15.8 Å². The van der Waals surface area contributed by atoms with E-state index in [1.165, 1.54) is 24.7 Å². The molecule has 0 N–H and O–H groups in total. The van der Waals surface area contributed by atoms with Crippen LogP contribution in [0.3, 0.4) is 0 Å². The lowest BCUT2D eigenvalue weighted by Crippen LogP contribution is -2.19. The smallest absolute Gasteiger partial charge is 0.309 e. The molecule has 124 valence electrons. The SMILES string of the molecule is C=S(=O)(CCCS(=O)(=O)Oc1cccnc1)Oc1cccnc1. The molecule has 2 rings (SSSR count). The Morgan fingerprint density at radius 2 is 1.48 bits per heavy atom. The number of nitrogens with zero attached hydrogens (tertiary/aromatic N) is 2. The maximum atomic E-state index is 12.2. The van der Waals surface area contributed by atoms with E-state index in [-0.39, 0.29) is 23.7 Å². The lowest BCUT2D eigenvalue weighted by Gasteiger charge is -2.11. The molecule has 23 heavy (non-hydrogen) atoms. The van der Waals surface area contributed by atoms with Gasteiger partial charge in [0.15, 0.2) is 11.5 Å². The molecule has 0 bridgehead atoms. The van der Waals surface area contributed by atoms with Crippen LogP contribution < -0.4 is 8.37 Å². The monoisotopic (exact) mass is 356 g/mol. The molecule has 0 radical (unpaired) electrons. The summed E-state index contributed by atoms with van der Waals surface area (Å²) >= 11 is 0. The average molecular weight is 356 g/mol. The number of pyridine rings is 2. The lowest BCUT2D eigenvalue weighted by atomic mass is 10.5. The molecule has 9 heteroatoms. The molecule has 2 aromatic heterocycles. The molecular weight excluding hydrogens is 340 g/mol. The van der Waals surface area contributed by atoms with Crippen molar-refractivity contribution < 1.29 is 21.0 Å². The summed E-state index contributed by atoms with van der Waals surface area (Å²) in [7, 11) is -6.69. The zero-order chi connectivity index (χ0) is 16.8. The summed E-state index contributed by atoms with van der Waals surface area (Å²) in [5.41, 5.74) is 0. The molecular formula is C14H16N2O5S2. The molecule has 1 atom stereocenters. The Kier molecular flexibility index (Phi) is 5.56. The minimum absolute atomic E-state index is 0.0163. The summed E-state index contributed by atoms with van der Waals surface area (Å²) in [6.07, 6.45) is 5.86. The number of hydrogen-bond donors (Lipinski definition) is 0. The summed E-state index contributed by atoms with van der Waals surface area (Å²) in [4.78, 5) is 7.60. The maximum absolute atomic E-state index is 12.2. The standard InChI is InChI=1S/C14H16N2O5S2/c1-22(17,20-13-5-2-7-15-11-13)9-4-10-23(18,19)21-14-6-3-8-16-12-14/h2-3,5-8,11-12H,1,4,9-10H2. The molecule has 0 aliphatic rings. The van der Waals surface area contributed by atoms with Crippen molar-refractivity contribution in [3.8, 4) is 11.5 Å². The average Bonchev–Trinajstić information content (AvgIpc) is 2.47. The summed E-state index contributed by atoms with van der Waals surface area (Å²) < 4.78 is 46.0. The predicted octanol–water partition coefficient (Wildman–Crippen LogP) is 1.29. The molecule has 0 fully saturated rings. The highest BCUT2D eigenvalue weighted by Crippen LogP contribution is 2.13. The van der Waals surface area contributed by atoms with E-state index in [1.807, 2.05) is 0 Å². The fourth-order valence-electron chi connectivity index (χ4n) is 1.65. The van der Waals surface area contributed by atoms with Gasteiger partial charge in [0, 0.05) is 12.4 Å². The maximum Gasteiger partial charge on any atom is 0.309 e. The van der Waals surface area contributed by atoms with E-state index in [0.29, 0.717) is 5.75 Å². The normalized spacial score (nSPS) is 13.9. The van der Waals surface area contributed by atoms with Crippen molar-refractivity contribution in [3.05, 3.63) is 49.1 Å². The first-order valence-corrected chi connectivity index (χ1v) is 10.0. The largest absolute Gasteiger partial charge is 0.407 e. The topological polar surface area (TPSA) is 95.5 Å². The highest BCUT2D eigenvalue weighted by molar-refractivity contribution is 7.96. The van der Waals surface area contributed by atoms with Gasteiger partial charge in [-0.05, 0) is 36.6 Å². The summed E-state index contributed by atoms with van der Waals surface area (Å²) in [6, 6.07) is 6.28. The van der Waals surface area contributed by atoms with Gasteiger partial charge in [0.1, 0.15) is 9.80 Å². The molecule has 2 aromatic rings. The van der Waals surface area contributed by atoms with Crippen molar-refractivity contribution in [3.63, 3.8) is 0 Å². The molecule has 0 saturated heterocycles. The van der Waals surface area contributed by atoms with Crippen molar-refractivity contribution in [2.24, 2.45) is 0 Å². The van der Waals surface area contributed by atoms with Gasteiger partial charge in [0.05, 0.1) is 23.9 Å². The quantitative estimate of drug-likeness (QED) is 0.519.